The van der Waals surface area contributed by atoms with Crippen molar-refractivity contribution in [2.45, 2.75) is 38.1 Å². The number of benzene rings is 6. The summed E-state index contributed by atoms with van der Waals surface area (Å²) < 4.78 is 2.45. The van der Waals surface area contributed by atoms with Gasteiger partial charge < -0.3 is 15.2 Å². The molecule has 3 aliphatic rings. The van der Waals surface area contributed by atoms with Gasteiger partial charge in [-0.2, -0.15) is 0 Å². The second kappa shape index (κ2) is 12.8. The van der Waals surface area contributed by atoms with Crippen LogP contribution in [-0.4, -0.2) is 10.6 Å². The third-order valence-electron chi connectivity index (χ3n) is 12.1. The van der Waals surface area contributed by atoms with Crippen LogP contribution in [0.5, 0.6) is 0 Å². The van der Waals surface area contributed by atoms with Crippen LogP contribution in [0.1, 0.15) is 48.2 Å². The first-order valence-electron chi connectivity index (χ1n) is 19.2. The summed E-state index contributed by atoms with van der Waals surface area (Å²) in [4.78, 5) is 2.40. The first-order valence-corrected chi connectivity index (χ1v) is 19.2. The van der Waals surface area contributed by atoms with Gasteiger partial charge in [-0.1, -0.05) is 135 Å². The number of fused-ring (bicyclic) bond motifs is 6. The molecule has 0 radical (unpaired) electrons. The second-order valence-corrected chi connectivity index (χ2v) is 15.5. The number of allylic oxidation sites excluding steroid dienone is 3. The monoisotopic (exact) mass is 697 g/mol. The quantitative estimate of drug-likeness (QED) is 0.188. The van der Waals surface area contributed by atoms with Crippen LogP contribution in [-0.2, 0) is 11.8 Å². The summed E-state index contributed by atoms with van der Waals surface area (Å²) in [7, 11) is 0. The topological polar surface area (TPSA) is 34.2 Å². The molecular formula is C51H43N3. The minimum atomic E-state index is -0.200. The van der Waals surface area contributed by atoms with Crippen LogP contribution in [0.3, 0.4) is 0 Å². The Kier molecular flexibility index (Phi) is 7.67. The van der Waals surface area contributed by atoms with Crippen molar-refractivity contribution in [3.05, 3.63) is 204 Å². The fourth-order valence-corrected chi connectivity index (χ4v) is 9.59. The summed E-state index contributed by atoms with van der Waals surface area (Å²) in [6, 6.07) is 56.9. The molecule has 262 valence electrons. The van der Waals surface area contributed by atoms with Crippen molar-refractivity contribution < 1.29 is 0 Å². The molecule has 7 aromatic rings. The van der Waals surface area contributed by atoms with Crippen molar-refractivity contribution in [2.75, 3.05) is 4.90 Å². The average Bonchev–Trinajstić information content (AvgIpc) is 3.68. The van der Waals surface area contributed by atoms with E-state index < -0.39 is 0 Å². The Morgan fingerprint density at radius 2 is 1.33 bits per heavy atom. The van der Waals surface area contributed by atoms with Gasteiger partial charge in [-0.3, -0.25) is 0 Å². The molecule has 54 heavy (non-hydrogen) atoms. The summed E-state index contributed by atoms with van der Waals surface area (Å²) in [6.45, 7) is 4.71. The molecular weight excluding hydrogens is 655 g/mol. The van der Waals surface area contributed by atoms with Crippen LogP contribution >= 0.6 is 0 Å². The molecule has 2 N–H and O–H groups in total. The van der Waals surface area contributed by atoms with E-state index in [9.17, 15) is 0 Å². The van der Waals surface area contributed by atoms with Gasteiger partial charge in [-0.15, -0.1) is 0 Å². The number of aromatic nitrogens is 1. The highest BCUT2D eigenvalue weighted by atomic mass is 15.2. The number of nitrogens with two attached hydrogens (primary N) is 1. The Balaban J connectivity index is 1.07. The fraction of sp³-hybridized carbons (Fsp3) is 0.137. The van der Waals surface area contributed by atoms with Gasteiger partial charge in [-0.25, -0.2) is 0 Å². The van der Waals surface area contributed by atoms with Gasteiger partial charge in [0.2, 0.25) is 0 Å². The third-order valence-corrected chi connectivity index (χ3v) is 12.1. The lowest BCUT2D eigenvalue weighted by Gasteiger charge is -2.41. The van der Waals surface area contributed by atoms with E-state index in [-0.39, 0.29) is 17.4 Å². The first kappa shape index (κ1) is 32.5. The number of anilines is 2. The summed E-state index contributed by atoms with van der Waals surface area (Å²) >= 11 is 0. The minimum absolute atomic E-state index is 0.0985. The minimum Gasteiger partial charge on any atom is -0.322 e. The van der Waals surface area contributed by atoms with E-state index in [2.05, 4.69) is 199 Å². The molecule has 10 rings (SSSR count). The van der Waals surface area contributed by atoms with Crippen LogP contribution in [0.4, 0.5) is 11.4 Å². The van der Waals surface area contributed by atoms with E-state index in [1.165, 1.54) is 66.8 Å². The highest BCUT2D eigenvalue weighted by molar-refractivity contribution is 5.99. The van der Waals surface area contributed by atoms with Crippen molar-refractivity contribution in [1.82, 2.24) is 4.57 Å². The lowest BCUT2D eigenvalue weighted by Crippen LogP contribution is -2.45. The number of hydrogen-bond acceptors (Lipinski definition) is 2. The zero-order chi connectivity index (χ0) is 36.4. The van der Waals surface area contributed by atoms with Crippen LogP contribution in [0.25, 0.3) is 44.9 Å². The van der Waals surface area contributed by atoms with Crippen LogP contribution in [0.2, 0.25) is 0 Å². The number of nitrogens with zero attached hydrogens (tertiary/aromatic N) is 2. The van der Waals surface area contributed by atoms with Crippen molar-refractivity contribution in [2.24, 2.45) is 11.7 Å². The van der Waals surface area contributed by atoms with Gasteiger partial charge in [0, 0.05) is 45.3 Å². The van der Waals surface area contributed by atoms with Gasteiger partial charge in [0.05, 0.1) is 11.6 Å². The maximum atomic E-state index is 7.46. The zero-order valence-corrected chi connectivity index (χ0v) is 30.8. The highest BCUT2D eigenvalue weighted by Gasteiger charge is 2.48. The van der Waals surface area contributed by atoms with Gasteiger partial charge in [-0.05, 0) is 112 Å². The lowest BCUT2D eigenvalue weighted by molar-refractivity contribution is 0.371. The molecule has 1 heterocycles. The van der Waals surface area contributed by atoms with Crippen molar-refractivity contribution in [3.63, 3.8) is 0 Å². The Hall–Kier alpha value is -6.16. The first-order chi connectivity index (χ1) is 26.5. The van der Waals surface area contributed by atoms with Gasteiger partial charge in [0.1, 0.15) is 0 Å². The van der Waals surface area contributed by atoms with Gasteiger partial charge in [0.15, 0.2) is 0 Å². The van der Waals surface area contributed by atoms with E-state index in [4.69, 9.17) is 5.73 Å². The summed E-state index contributed by atoms with van der Waals surface area (Å²) in [5, 5.41) is 1.30. The van der Waals surface area contributed by atoms with E-state index >= 15 is 0 Å². The van der Waals surface area contributed by atoms with Crippen LogP contribution < -0.4 is 10.6 Å². The van der Waals surface area contributed by atoms with Crippen LogP contribution in [0.15, 0.2) is 176 Å². The Labute approximate surface area is 318 Å². The molecule has 0 bridgehead atoms. The average molecular weight is 698 g/mol. The Bertz CT molecular complexity index is 2640. The molecule has 3 aliphatic carbocycles. The van der Waals surface area contributed by atoms with E-state index in [0.29, 0.717) is 0 Å². The second-order valence-electron chi connectivity index (χ2n) is 15.5. The molecule has 0 amide bonds. The smallest absolute Gasteiger partial charge is 0.0537 e. The maximum Gasteiger partial charge on any atom is 0.0537 e. The highest BCUT2D eigenvalue weighted by Crippen LogP contribution is 2.54. The van der Waals surface area contributed by atoms with E-state index in [0.717, 1.165) is 29.9 Å². The molecule has 3 heteroatoms. The standard InChI is InChI=1S/C51H43N3/c1-51(2)45-22-11-9-20-41(45)43-29-31-48(50(52)49(43)51)53(40-19-13-16-36(32-40)34-14-5-3-6-15-34)39-27-24-35(25-28-39)37-26-30-47-44(33-37)42-21-10-12-23-46(42)54(47)38-17-7-4-8-18-38/h3-25,27-29,31-33,49-50H,26,30,52H2,1-2H3. The van der Waals surface area contributed by atoms with Crippen molar-refractivity contribution in [3.8, 4) is 16.8 Å². The molecule has 3 nitrogen and oxygen atoms in total. The normalized spacial score (nSPS) is 18.2. The number of rotatable bonds is 6. The largest absolute Gasteiger partial charge is 0.322 e. The Morgan fingerprint density at radius 3 is 2.15 bits per heavy atom. The van der Waals surface area contributed by atoms with Gasteiger partial charge >= 0.3 is 0 Å². The number of para-hydroxylation sites is 2. The zero-order valence-electron chi connectivity index (χ0n) is 30.8. The lowest BCUT2D eigenvalue weighted by atomic mass is 9.71. The van der Waals surface area contributed by atoms with E-state index in [1.807, 2.05) is 0 Å². The Morgan fingerprint density at radius 1 is 0.630 bits per heavy atom. The predicted octanol–water partition coefficient (Wildman–Crippen LogP) is 12.1. The molecule has 0 saturated carbocycles. The van der Waals surface area contributed by atoms with Crippen molar-refractivity contribution >= 4 is 39.5 Å². The molecule has 0 fully saturated rings. The van der Waals surface area contributed by atoms with E-state index in [1.54, 1.807) is 0 Å². The molecule has 2 unspecified atom stereocenters. The molecule has 0 aliphatic heterocycles. The maximum absolute atomic E-state index is 7.46. The molecule has 0 spiro atoms. The SMILES string of the molecule is CC1(C)c2ccccc2C2=CC=C(N(c3ccc(C4=Cc5c(n(-c6ccccc6)c6ccccc56)CC4)cc3)c3cccc(-c4ccccc4)c3)C(N)C21. The molecule has 6 aromatic carbocycles. The van der Waals surface area contributed by atoms with Crippen molar-refractivity contribution in [1.29, 1.82) is 0 Å². The predicted molar refractivity (Wildman–Crippen MR) is 227 cm³/mol. The fourth-order valence-electron chi connectivity index (χ4n) is 9.59. The summed E-state index contributed by atoms with van der Waals surface area (Å²) in [6.07, 6.45) is 9.00. The summed E-state index contributed by atoms with van der Waals surface area (Å²) in [5.74, 6) is 0.161. The molecule has 0 saturated heterocycles. The summed E-state index contributed by atoms with van der Waals surface area (Å²) in [5.41, 5.74) is 24.9. The third kappa shape index (κ3) is 5.15. The van der Waals surface area contributed by atoms with Gasteiger partial charge in [0.25, 0.3) is 0 Å². The van der Waals surface area contributed by atoms with Crippen LogP contribution in [0, 0.1) is 5.92 Å². The molecule has 1 aromatic heterocycles. The number of hydrogen-bond donors (Lipinski definition) is 1. The molecule has 2 atom stereocenters.